The Morgan fingerprint density at radius 2 is 1.80 bits per heavy atom. The highest BCUT2D eigenvalue weighted by atomic mass is 16.5. The zero-order chi connectivity index (χ0) is 21.5. The molecule has 3 rings (SSSR count). The molecule has 0 bridgehead atoms. The molecule has 0 heterocycles. The van der Waals surface area contributed by atoms with Crippen molar-refractivity contribution in [2.24, 2.45) is 0 Å². The lowest BCUT2D eigenvalue weighted by atomic mass is 10.0. The molecule has 6 heteroatoms. The van der Waals surface area contributed by atoms with Gasteiger partial charge in [-0.1, -0.05) is 31.2 Å². The van der Waals surface area contributed by atoms with E-state index in [0.29, 0.717) is 36.6 Å². The second kappa shape index (κ2) is 10.3. The monoisotopic (exact) mass is 411 g/mol. The Bertz CT molecular complexity index is 908. The molecule has 0 radical (unpaired) electrons. The van der Waals surface area contributed by atoms with Crippen LogP contribution in [0.3, 0.4) is 0 Å². The minimum Gasteiger partial charge on any atom is -0.493 e. The van der Waals surface area contributed by atoms with Crippen LogP contribution in [0, 0.1) is 0 Å². The van der Waals surface area contributed by atoms with E-state index >= 15 is 0 Å². The van der Waals surface area contributed by atoms with Gasteiger partial charge in [-0.2, -0.15) is 0 Å². The maximum atomic E-state index is 11.6. The first-order valence-corrected chi connectivity index (χ1v) is 10.2. The average molecular weight is 411 g/mol. The van der Waals surface area contributed by atoms with Crippen LogP contribution in [-0.2, 0) is 4.79 Å². The van der Waals surface area contributed by atoms with Gasteiger partial charge < -0.3 is 24.6 Å². The summed E-state index contributed by atoms with van der Waals surface area (Å²) in [6.45, 7) is 2.77. The molecule has 0 fully saturated rings. The van der Waals surface area contributed by atoms with Crippen LogP contribution < -0.4 is 19.5 Å². The second-order valence-electron chi connectivity index (χ2n) is 7.16. The summed E-state index contributed by atoms with van der Waals surface area (Å²) in [5, 5.41) is 14.2. The Balaban J connectivity index is 1.76. The van der Waals surface area contributed by atoms with Crippen LogP contribution in [0.1, 0.15) is 36.9 Å². The SMILES string of the molecule is CCNC(c1ccc(OC)c(OC)c1)C(O)COc1ccccc1C1=CC(=O)CC1. The van der Waals surface area contributed by atoms with Gasteiger partial charge in [0.2, 0.25) is 0 Å². The Morgan fingerprint density at radius 3 is 2.47 bits per heavy atom. The molecular formula is C24H29NO5. The Kier molecular flexibility index (Phi) is 7.49. The number of methoxy groups -OCH3 is 2. The van der Waals surface area contributed by atoms with Crippen LogP contribution in [0.5, 0.6) is 17.2 Å². The summed E-state index contributed by atoms with van der Waals surface area (Å²) in [4.78, 5) is 11.6. The fourth-order valence-corrected chi connectivity index (χ4v) is 3.68. The van der Waals surface area contributed by atoms with E-state index in [4.69, 9.17) is 14.2 Å². The lowest BCUT2D eigenvalue weighted by Crippen LogP contribution is -2.35. The Morgan fingerprint density at radius 1 is 1.03 bits per heavy atom. The zero-order valence-corrected chi connectivity index (χ0v) is 17.7. The number of rotatable bonds is 10. The van der Waals surface area contributed by atoms with Crippen molar-refractivity contribution in [1.82, 2.24) is 5.32 Å². The van der Waals surface area contributed by atoms with E-state index in [2.05, 4.69) is 5.32 Å². The standard InChI is InChI=1S/C24H29NO5/c1-4-25-24(17-10-12-22(28-2)23(14-17)29-3)20(27)15-30-21-8-6-5-7-19(21)16-9-11-18(26)13-16/h5-8,10,12-14,20,24-25,27H,4,9,11,15H2,1-3H3. The van der Waals surface area contributed by atoms with E-state index in [1.54, 1.807) is 20.3 Å². The van der Waals surface area contributed by atoms with Gasteiger partial charge in [-0.25, -0.2) is 0 Å². The normalized spacial score (nSPS) is 15.5. The van der Waals surface area contributed by atoms with Crippen LogP contribution >= 0.6 is 0 Å². The van der Waals surface area contributed by atoms with E-state index in [1.165, 1.54) is 0 Å². The minimum absolute atomic E-state index is 0.101. The van der Waals surface area contributed by atoms with Crippen molar-refractivity contribution < 1.29 is 24.1 Å². The summed E-state index contributed by atoms with van der Waals surface area (Å²) in [5.74, 6) is 2.05. The van der Waals surface area contributed by atoms with Crippen molar-refractivity contribution >= 4 is 11.4 Å². The van der Waals surface area contributed by atoms with Gasteiger partial charge in [0.1, 0.15) is 18.5 Å². The first-order valence-electron chi connectivity index (χ1n) is 10.2. The molecule has 2 aromatic carbocycles. The number of ether oxygens (including phenoxy) is 3. The number of allylic oxidation sites excluding steroid dienone is 2. The van der Waals surface area contributed by atoms with Gasteiger partial charge in [-0.05, 0) is 48.4 Å². The highest BCUT2D eigenvalue weighted by Gasteiger charge is 2.23. The van der Waals surface area contributed by atoms with Crippen LogP contribution in [0.15, 0.2) is 48.5 Å². The van der Waals surface area contributed by atoms with Crippen molar-refractivity contribution in [1.29, 1.82) is 0 Å². The number of aliphatic hydroxyl groups excluding tert-OH is 1. The van der Waals surface area contributed by atoms with Gasteiger partial charge in [0.15, 0.2) is 17.3 Å². The van der Waals surface area contributed by atoms with Gasteiger partial charge in [-0.3, -0.25) is 4.79 Å². The largest absolute Gasteiger partial charge is 0.493 e. The molecule has 2 atom stereocenters. The highest BCUT2D eigenvalue weighted by Crippen LogP contribution is 2.34. The third kappa shape index (κ3) is 5.01. The molecule has 6 nitrogen and oxygen atoms in total. The van der Waals surface area contributed by atoms with Gasteiger partial charge in [-0.15, -0.1) is 0 Å². The molecular weight excluding hydrogens is 382 g/mol. The lowest BCUT2D eigenvalue weighted by molar-refractivity contribution is -0.114. The zero-order valence-electron chi connectivity index (χ0n) is 17.7. The van der Waals surface area contributed by atoms with Crippen molar-refractivity contribution in [3.8, 4) is 17.2 Å². The second-order valence-corrected chi connectivity index (χ2v) is 7.16. The molecule has 2 aromatic rings. The molecule has 160 valence electrons. The van der Waals surface area contributed by atoms with Gasteiger partial charge in [0.25, 0.3) is 0 Å². The lowest BCUT2D eigenvalue weighted by Gasteiger charge is -2.25. The maximum Gasteiger partial charge on any atom is 0.161 e. The first-order chi connectivity index (χ1) is 14.6. The molecule has 1 aliphatic carbocycles. The van der Waals surface area contributed by atoms with E-state index in [-0.39, 0.29) is 18.4 Å². The van der Waals surface area contributed by atoms with Crippen molar-refractivity contribution in [3.05, 3.63) is 59.7 Å². The smallest absolute Gasteiger partial charge is 0.161 e. The predicted molar refractivity (Wildman–Crippen MR) is 116 cm³/mol. The average Bonchev–Trinajstić information content (AvgIpc) is 3.21. The topological polar surface area (TPSA) is 77.0 Å². The number of para-hydroxylation sites is 1. The van der Waals surface area contributed by atoms with Crippen molar-refractivity contribution in [3.63, 3.8) is 0 Å². The summed E-state index contributed by atoms with van der Waals surface area (Å²) in [7, 11) is 3.18. The third-order valence-electron chi connectivity index (χ3n) is 5.19. The van der Waals surface area contributed by atoms with Gasteiger partial charge >= 0.3 is 0 Å². The van der Waals surface area contributed by atoms with Crippen molar-refractivity contribution in [2.45, 2.75) is 31.9 Å². The summed E-state index contributed by atoms with van der Waals surface area (Å²) in [5.41, 5.74) is 2.76. The number of hydrogen-bond donors (Lipinski definition) is 2. The molecule has 2 N–H and O–H groups in total. The number of benzene rings is 2. The third-order valence-corrected chi connectivity index (χ3v) is 5.19. The van der Waals surface area contributed by atoms with E-state index in [1.807, 2.05) is 49.4 Å². The summed E-state index contributed by atoms with van der Waals surface area (Å²) in [6.07, 6.45) is 2.14. The molecule has 0 saturated heterocycles. The fourth-order valence-electron chi connectivity index (χ4n) is 3.68. The predicted octanol–water partition coefficient (Wildman–Crippen LogP) is 3.54. The Hall–Kier alpha value is -2.83. The quantitative estimate of drug-likeness (QED) is 0.623. The Labute approximate surface area is 177 Å². The van der Waals surface area contributed by atoms with Gasteiger partial charge in [0, 0.05) is 12.0 Å². The fraction of sp³-hybridized carbons (Fsp3) is 0.375. The van der Waals surface area contributed by atoms with Gasteiger partial charge in [0.05, 0.1) is 20.3 Å². The molecule has 0 aliphatic heterocycles. The molecule has 0 spiro atoms. The first kappa shape index (κ1) is 21.9. The van der Waals surface area contributed by atoms with E-state index < -0.39 is 6.10 Å². The number of hydrogen-bond acceptors (Lipinski definition) is 6. The molecule has 2 unspecified atom stereocenters. The van der Waals surface area contributed by atoms with E-state index in [9.17, 15) is 9.90 Å². The highest BCUT2D eigenvalue weighted by molar-refractivity contribution is 6.02. The number of carbonyl (C=O) groups is 1. The summed E-state index contributed by atoms with van der Waals surface area (Å²) >= 11 is 0. The molecule has 0 aromatic heterocycles. The van der Waals surface area contributed by atoms with Crippen LogP contribution in [0.4, 0.5) is 0 Å². The number of aliphatic hydroxyl groups is 1. The minimum atomic E-state index is -0.796. The number of carbonyl (C=O) groups excluding carboxylic acids is 1. The van der Waals surface area contributed by atoms with Crippen LogP contribution in [0.2, 0.25) is 0 Å². The summed E-state index contributed by atoms with van der Waals surface area (Å²) < 4.78 is 16.7. The molecule has 1 aliphatic rings. The number of nitrogens with one attached hydrogen (secondary N) is 1. The summed E-state index contributed by atoms with van der Waals surface area (Å²) in [6, 6.07) is 12.9. The van der Waals surface area contributed by atoms with E-state index in [0.717, 1.165) is 16.7 Å². The number of likely N-dealkylation sites (N-methyl/N-ethyl adjacent to an activating group) is 1. The molecule has 30 heavy (non-hydrogen) atoms. The van der Waals surface area contributed by atoms with Crippen molar-refractivity contribution in [2.75, 3.05) is 27.4 Å². The molecule has 0 amide bonds. The maximum absolute atomic E-state index is 11.6. The molecule has 0 saturated carbocycles. The van der Waals surface area contributed by atoms with Crippen LogP contribution in [-0.4, -0.2) is 44.4 Å². The van der Waals surface area contributed by atoms with Crippen LogP contribution in [0.25, 0.3) is 5.57 Å². The number of ketones is 1.